The molecule has 1 aliphatic rings. The van der Waals surface area contributed by atoms with Gasteiger partial charge in [-0.25, -0.2) is 4.79 Å². The van der Waals surface area contributed by atoms with E-state index in [2.05, 4.69) is 31.4 Å². The maximum Gasteiger partial charge on any atom is 0.322 e. The molecule has 1 N–H and O–H groups in total. The third-order valence-corrected chi connectivity index (χ3v) is 5.16. The Hall–Kier alpha value is -2.38. The van der Waals surface area contributed by atoms with Gasteiger partial charge in [-0.2, -0.15) is 4.98 Å². The summed E-state index contributed by atoms with van der Waals surface area (Å²) >= 11 is 9.33. The first-order chi connectivity index (χ1) is 13.1. The number of urea groups is 1. The van der Waals surface area contributed by atoms with Crippen LogP contribution in [0.3, 0.4) is 0 Å². The molecule has 0 aliphatic carbocycles. The molecule has 138 valence electrons. The van der Waals surface area contributed by atoms with E-state index in [0.717, 1.165) is 22.9 Å². The number of hydrogen-bond acceptors (Lipinski definition) is 4. The normalized spacial score (nSPS) is 16.5. The second-order valence-electron chi connectivity index (χ2n) is 6.26. The minimum absolute atomic E-state index is 0.193. The number of benzene rings is 2. The van der Waals surface area contributed by atoms with E-state index in [0.29, 0.717) is 29.0 Å². The zero-order valence-electron chi connectivity index (χ0n) is 14.2. The highest BCUT2D eigenvalue weighted by atomic mass is 79.9. The number of rotatable bonds is 3. The summed E-state index contributed by atoms with van der Waals surface area (Å²) in [4.78, 5) is 18.9. The topological polar surface area (TPSA) is 71.3 Å². The van der Waals surface area contributed by atoms with E-state index in [1.54, 1.807) is 29.2 Å². The van der Waals surface area contributed by atoms with E-state index in [-0.39, 0.29) is 12.1 Å². The number of aromatic nitrogens is 2. The largest absolute Gasteiger partial charge is 0.337 e. The molecule has 2 amide bonds. The van der Waals surface area contributed by atoms with E-state index in [1.165, 1.54) is 0 Å². The molecule has 1 aromatic heterocycles. The van der Waals surface area contributed by atoms with E-state index in [1.807, 2.05) is 24.3 Å². The maximum absolute atomic E-state index is 12.7. The molecular formula is C19H16BrClN4O2. The lowest BCUT2D eigenvalue weighted by Gasteiger charge is -2.22. The second kappa shape index (κ2) is 7.70. The van der Waals surface area contributed by atoms with Crippen LogP contribution in [0.5, 0.6) is 0 Å². The van der Waals surface area contributed by atoms with Crippen molar-refractivity contribution in [2.45, 2.75) is 18.9 Å². The minimum atomic E-state index is -0.231. The van der Waals surface area contributed by atoms with E-state index in [9.17, 15) is 4.79 Å². The summed E-state index contributed by atoms with van der Waals surface area (Å²) in [6.07, 6.45) is 1.67. The van der Waals surface area contributed by atoms with Crippen LogP contribution in [0, 0.1) is 0 Å². The highest BCUT2D eigenvalue weighted by molar-refractivity contribution is 9.10. The third-order valence-electron chi connectivity index (χ3n) is 4.42. The van der Waals surface area contributed by atoms with E-state index >= 15 is 0 Å². The third kappa shape index (κ3) is 3.99. The summed E-state index contributed by atoms with van der Waals surface area (Å²) in [6, 6.07) is 14.3. The lowest BCUT2D eigenvalue weighted by molar-refractivity contribution is 0.193. The molecule has 8 heteroatoms. The van der Waals surface area contributed by atoms with Gasteiger partial charge >= 0.3 is 6.03 Å². The fraction of sp³-hybridized carbons (Fsp3) is 0.211. The first-order valence-electron chi connectivity index (χ1n) is 8.53. The van der Waals surface area contributed by atoms with Crippen molar-refractivity contribution in [2.75, 3.05) is 11.9 Å². The van der Waals surface area contributed by atoms with Crippen molar-refractivity contribution >= 4 is 39.2 Å². The molecule has 2 heterocycles. The highest BCUT2D eigenvalue weighted by Gasteiger charge is 2.34. The number of anilines is 1. The minimum Gasteiger partial charge on any atom is -0.337 e. The van der Waals surface area contributed by atoms with Gasteiger partial charge < -0.3 is 14.7 Å². The molecule has 1 fully saturated rings. The molecular weight excluding hydrogens is 432 g/mol. The molecule has 4 rings (SSSR count). The Morgan fingerprint density at radius 1 is 1.26 bits per heavy atom. The predicted octanol–water partition coefficient (Wildman–Crippen LogP) is 5.52. The molecule has 6 nitrogen and oxygen atoms in total. The number of halogens is 2. The Kier molecular flexibility index (Phi) is 5.13. The van der Waals surface area contributed by atoms with Crippen molar-refractivity contribution in [1.82, 2.24) is 15.0 Å². The van der Waals surface area contributed by atoms with Crippen molar-refractivity contribution in [3.05, 3.63) is 63.9 Å². The van der Waals surface area contributed by atoms with Crippen LogP contribution in [0.15, 0.2) is 57.5 Å². The average molecular weight is 448 g/mol. The molecule has 3 aromatic rings. The van der Waals surface area contributed by atoms with Gasteiger partial charge in [0, 0.05) is 27.3 Å². The van der Waals surface area contributed by atoms with Gasteiger partial charge in [-0.3, -0.25) is 0 Å². The second-order valence-corrected chi connectivity index (χ2v) is 7.61. The molecule has 1 aliphatic heterocycles. The molecule has 0 unspecified atom stereocenters. The average Bonchev–Trinajstić information content (AvgIpc) is 3.33. The van der Waals surface area contributed by atoms with Crippen LogP contribution in [0.4, 0.5) is 10.5 Å². The molecule has 27 heavy (non-hydrogen) atoms. The van der Waals surface area contributed by atoms with Crippen LogP contribution in [0.2, 0.25) is 5.02 Å². The number of likely N-dealkylation sites (tertiary alicyclic amines) is 1. The smallest absolute Gasteiger partial charge is 0.322 e. The van der Waals surface area contributed by atoms with E-state index in [4.69, 9.17) is 16.1 Å². The van der Waals surface area contributed by atoms with E-state index < -0.39 is 0 Å². The molecule has 1 saturated heterocycles. The Morgan fingerprint density at radius 2 is 2.07 bits per heavy atom. The Labute approximate surface area is 169 Å². The summed E-state index contributed by atoms with van der Waals surface area (Å²) in [6.45, 7) is 0.638. The Bertz CT molecular complexity index is 960. The van der Waals surface area contributed by atoms with Gasteiger partial charge in [-0.05, 0) is 49.2 Å². The number of hydrogen-bond donors (Lipinski definition) is 1. The zero-order chi connectivity index (χ0) is 18.8. The van der Waals surface area contributed by atoms with Crippen LogP contribution in [0.1, 0.15) is 24.8 Å². The predicted molar refractivity (Wildman–Crippen MR) is 107 cm³/mol. The number of carbonyl (C=O) groups excluding carboxylic acids is 1. The van der Waals surface area contributed by atoms with Crippen LogP contribution < -0.4 is 5.32 Å². The van der Waals surface area contributed by atoms with Crippen molar-refractivity contribution in [3.8, 4) is 11.4 Å². The molecule has 0 radical (unpaired) electrons. The monoisotopic (exact) mass is 446 g/mol. The van der Waals surface area contributed by atoms with Gasteiger partial charge in [-0.15, -0.1) is 0 Å². The van der Waals surface area contributed by atoms with Gasteiger partial charge in [-0.1, -0.05) is 44.8 Å². The summed E-state index contributed by atoms with van der Waals surface area (Å²) in [7, 11) is 0. The van der Waals surface area contributed by atoms with Crippen molar-refractivity contribution in [3.63, 3.8) is 0 Å². The number of nitrogens with zero attached hydrogens (tertiary/aromatic N) is 3. The summed E-state index contributed by atoms with van der Waals surface area (Å²) < 4.78 is 6.41. The quantitative estimate of drug-likeness (QED) is 0.574. The standard InChI is InChI=1S/C19H16BrClN4O2/c20-13-4-1-3-12(11-13)17-23-18(27-24-17)16-5-2-10-25(16)19(26)22-15-8-6-14(21)7-9-15/h1,3-4,6-9,11,16H,2,5,10H2,(H,22,26)/t16-/m0/s1. The Balaban J connectivity index is 1.51. The number of amides is 2. The lowest BCUT2D eigenvalue weighted by atomic mass is 10.2. The van der Waals surface area contributed by atoms with Crippen molar-refractivity contribution in [2.24, 2.45) is 0 Å². The molecule has 2 aromatic carbocycles. The molecule has 1 atom stereocenters. The van der Waals surface area contributed by atoms with Crippen molar-refractivity contribution < 1.29 is 9.32 Å². The maximum atomic E-state index is 12.7. The van der Waals surface area contributed by atoms with Crippen LogP contribution >= 0.6 is 27.5 Å². The summed E-state index contributed by atoms with van der Waals surface area (Å²) in [5.74, 6) is 0.963. The van der Waals surface area contributed by atoms with Gasteiger partial charge in [0.25, 0.3) is 0 Å². The summed E-state index contributed by atoms with van der Waals surface area (Å²) in [5.41, 5.74) is 1.55. The number of nitrogens with one attached hydrogen (secondary N) is 1. The fourth-order valence-electron chi connectivity index (χ4n) is 3.11. The first kappa shape index (κ1) is 18.0. The van der Waals surface area contributed by atoms with Gasteiger partial charge in [0.15, 0.2) is 0 Å². The molecule has 0 bridgehead atoms. The zero-order valence-corrected chi connectivity index (χ0v) is 16.6. The fourth-order valence-corrected chi connectivity index (χ4v) is 3.64. The van der Waals surface area contributed by atoms with Crippen LogP contribution in [-0.4, -0.2) is 27.6 Å². The van der Waals surface area contributed by atoms with Gasteiger partial charge in [0.1, 0.15) is 6.04 Å². The molecule has 0 saturated carbocycles. The number of carbonyl (C=O) groups is 1. The van der Waals surface area contributed by atoms with Gasteiger partial charge in [0.2, 0.25) is 11.7 Å². The lowest BCUT2D eigenvalue weighted by Crippen LogP contribution is -2.34. The van der Waals surface area contributed by atoms with Crippen LogP contribution in [0.25, 0.3) is 11.4 Å². The van der Waals surface area contributed by atoms with Crippen molar-refractivity contribution in [1.29, 1.82) is 0 Å². The first-order valence-corrected chi connectivity index (χ1v) is 9.70. The van der Waals surface area contributed by atoms with Gasteiger partial charge in [0.05, 0.1) is 0 Å². The van der Waals surface area contributed by atoms with Crippen LogP contribution in [-0.2, 0) is 0 Å². The summed E-state index contributed by atoms with van der Waals surface area (Å²) in [5, 5.41) is 7.59. The SMILES string of the molecule is O=C(Nc1ccc(Cl)cc1)N1CCC[C@H]1c1nc(-c2cccc(Br)c2)no1. The highest BCUT2D eigenvalue weighted by Crippen LogP contribution is 2.33. The molecule has 0 spiro atoms. The Morgan fingerprint density at radius 3 is 2.85 bits per heavy atom.